The van der Waals surface area contributed by atoms with Crippen LogP contribution in [0.4, 0.5) is 0 Å². The fourth-order valence-corrected chi connectivity index (χ4v) is 3.07. The zero-order chi connectivity index (χ0) is 14.8. The molecule has 0 amide bonds. The van der Waals surface area contributed by atoms with E-state index >= 15 is 0 Å². The van der Waals surface area contributed by atoms with Crippen LogP contribution in [-0.2, 0) is 9.47 Å². The van der Waals surface area contributed by atoms with Gasteiger partial charge in [-0.1, -0.05) is 0 Å². The topological polar surface area (TPSA) is 99.4 Å². The summed E-state index contributed by atoms with van der Waals surface area (Å²) in [6.07, 6.45) is 8.26. The molecule has 0 radical (unpaired) electrons. The Morgan fingerprint density at radius 3 is 2.20 bits per heavy atom. The van der Waals surface area contributed by atoms with Crippen LogP contribution in [0.15, 0.2) is 0 Å². The first-order valence-electron chi connectivity index (χ1n) is 7.00. The first kappa shape index (κ1) is 15.7. The molecule has 0 aromatic carbocycles. The summed E-state index contributed by atoms with van der Waals surface area (Å²) in [7, 11) is 0. The number of rotatable bonds is 3. The van der Waals surface area contributed by atoms with E-state index < -0.39 is 29.7 Å². The zero-order valence-corrected chi connectivity index (χ0v) is 11.4. The van der Waals surface area contributed by atoms with Crippen LogP contribution < -0.4 is 0 Å². The molecule has 0 aromatic rings. The van der Waals surface area contributed by atoms with Crippen LogP contribution in [-0.4, -0.2) is 45.6 Å². The third-order valence-corrected chi connectivity index (χ3v) is 4.24. The van der Waals surface area contributed by atoms with E-state index in [0.29, 0.717) is 25.9 Å². The van der Waals surface area contributed by atoms with Crippen LogP contribution in [0.25, 0.3) is 0 Å². The van der Waals surface area contributed by atoms with Crippen molar-refractivity contribution in [1.82, 2.24) is 0 Å². The van der Waals surface area contributed by atoms with E-state index in [1.54, 1.807) is 0 Å². The van der Waals surface area contributed by atoms with Crippen molar-refractivity contribution in [2.45, 2.75) is 44.1 Å². The normalized spacial score (nSPS) is 34.1. The van der Waals surface area contributed by atoms with Gasteiger partial charge in [0.05, 0.1) is 19.1 Å². The van der Waals surface area contributed by atoms with Crippen molar-refractivity contribution in [2.24, 2.45) is 17.8 Å². The van der Waals surface area contributed by atoms with E-state index in [2.05, 4.69) is 5.92 Å². The first-order chi connectivity index (χ1) is 9.37. The van der Waals surface area contributed by atoms with E-state index in [9.17, 15) is 20.4 Å². The molecule has 3 unspecified atom stereocenters. The molecule has 114 valence electrons. The average Bonchev–Trinajstić information content (AvgIpc) is 2.37. The predicted molar refractivity (Wildman–Crippen MR) is 68.6 cm³/mol. The monoisotopic (exact) mass is 286 g/mol. The Bertz CT molecular complexity index is 372. The molecule has 2 heterocycles. The van der Waals surface area contributed by atoms with Crippen molar-refractivity contribution in [3.05, 3.63) is 0 Å². The van der Waals surface area contributed by atoms with Gasteiger partial charge in [-0.3, -0.25) is 0 Å². The summed E-state index contributed by atoms with van der Waals surface area (Å²) >= 11 is 0. The molecule has 3 atom stereocenters. The van der Waals surface area contributed by atoms with E-state index in [4.69, 9.17) is 15.9 Å². The summed E-state index contributed by atoms with van der Waals surface area (Å²) < 4.78 is 9.91. The van der Waals surface area contributed by atoms with Gasteiger partial charge in [0, 0.05) is 11.8 Å². The highest BCUT2D eigenvalue weighted by Gasteiger charge is 2.46. The fourth-order valence-electron chi connectivity index (χ4n) is 3.07. The minimum atomic E-state index is -2.25. The lowest BCUT2D eigenvalue weighted by Crippen LogP contribution is -2.50. The molecule has 0 spiro atoms. The molecule has 6 nitrogen and oxygen atoms in total. The van der Waals surface area contributed by atoms with Crippen molar-refractivity contribution in [1.29, 1.82) is 0 Å². The lowest BCUT2D eigenvalue weighted by atomic mass is 9.78. The summed E-state index contributed by atoms with van der Waals surface area (Å²) in [4.78, 5) is 0. The molecule has 0 aromatic heterocycles. The molecule has 4 N–H and O–H groups in total. The second-order valence-corrected chi connectivity index (χ2v) is 5.61. The molecule has 20 heavy (non-hydrogen) atoms. The van der Waals surface area contributed by atoms with Crippen LogP contribution in [0.2, 0.25) is 0 Å². The zero-order valence-electron chi connectivity index (χ0n) is 11.4. The van der Waals surface area contributed by atoms with Gasteiger partial charge in [-0.15, -0.1) is 12.3 Å². The highest BCUT2D eigenvalue weighted by Crippen LogP contribution is 2.39. The summed E-state index contributed by atoms with van der Waals surface area (Å²) in [5, 5.41) is 39.4. The Kier molecular flexibility index (Phi) is 4.69. The molecular weight excluding hydrogens is 264 g/mol. The second kappa shape index (κ2) is 5.98. The SMILES string of the molecule is C#CC(CC1CCCOC1(O)O)C1CCCOC1(O)O. The van der Waals surface area contributed by atoms with Crippen LogP contribution in [0.1, 0.15) is 32.1 Å². The maximum atomic E-state index is 9.88. The lowest BCUT2D eigenvalue weighted by molar-refractivity contribution is -0.394. The average molecular weight is 286 g/mol. The predicted octanol–water partition coefficient (Wildman–Crippen LogP) is -0.244. The smallest absolute Gasteiger partial charge is 0.282 e. The molecular formula is C14H22O6. The quantitative estimate of drug-likeness (QED) is 0.422. The molecule has 2 fully saturated rings. The fraction of sp³-hybridized carbons (Fsp3) is 0.857. The van der Waals surface area contributed by atoms with Crippen LogP contribution in [0.5, 0.6) is 0 Å². The summed E-state index contributed by atoms with van der Waals surface area (Å²) in [6, 6.07) is 0. The number of ether oxygens (including phenoxy) is 2. The van der Waals surface area contributed by atoms with Crippen molar-refractivity contribution in [2.75, 3.05) is 13.2 Å². The number of terminal acetylenes is 1. The highest BCUT2D eigenvalue weighted by molar-refractivity contribution is 5.00. The van der Waals surface area contributed by atoms with E-state index in [0.717, 1.165) is 6.42 Å². The number of hydrogen-bond donors (Lipinski definition) is 4. The van der Waals surface area contributed by atoms with Gasteiger partial charge in [-0.2, -0.15) is 0 Å². The van der Waals surface area contributed by atoms with Gasteiger partial charge in [0.15, 0.2) is 0 Å². The van der Waals surface area contributed by atoms with Crippen molar-refractivity contribution < 1.29 is 29.9 Å². The highest BCUT2D eigenvalue weighted by atomic mass is 16.8. The van der Waals surface area contributed by atoms with Gasteiger partial charge in [0.2, 0.25) is 0 Å². The van der Waals surface area contributed by atoms with Crippen molar-refractivity contribution in [3.8, 4) is 12.3 Å². The largest absolute Gasteiger partial charge is 0.343 e. The lowest BCUT2D eigenvalue weighted by Gasteiger charge is -2.41. The van der Waals surface area contributed by atoms with Crippen LogP contribution >= 0.6 is 0 Å². The molecule has 2 aliphatic heterocycles. The number of hydrogen-bond acceptors (Lipinski definition) is 6. The molecule has 2 saturated heterocycles. The molecule has 0 bridgehead atoms. The Balaban J connectivity index is 2.07. The summed E-state index contributed by atoms with van der Waals surface area (Å²) in [5.41, 5.74) is 0. The first-order valence-corrected chi connectivity index (χ1v) is 7.00. The van der Waals surface area contributed by atoms with Gasteiger partial charge in [0.1, 0.15) is 0 Å². The van der Waals surface area contributed by atoms with E-state index in [1.165, 1.54) is 0 Å². The Morgan fingerprint density at radius 1 is 1.05 bits per heavy atom. The Labute approximate surface area is 118 Å². The molecule has 0 aliphatic carbocycles. The van der Waals surface area contributed by atoms with Crippen molar-refractivity contribution in [3.63, 3.8) is 0 Å². The standard InChI is InChI=1S/C14H22O6/c1-2-10(12-6-4-8-20-14(12,17)18)9-11-5-3-7-19-13(11,15)16/h1,10-12,15-18H,3-9H2. The third-order valence-electron chi connectivity index (χ3n) is 4.24. The summed E-state index contributed by atoms with van der Waals surface area (Å²) in [5.74, 6) is -3.62. The van der Waals surface area contributed by atoms with E-state index in [1.807, 2.05) is 0 Å². The third kappa shape index (κ3) is 3.31. The van der Waals surface area contributed by atoms with E-state index in [-0.39, 0.29) is 13.0 Å². The minimum Gasteiger partial charge on any atom is -0.343 e. The van der Waals surface area contributed by atoms with Gasteiger partial charge in [-0.05, 0) is 32.1 Å². The molecule has 2 rings (SSSR count). The van der Waals surface area contributed by atoms with Gasteiger partial charge < -0.3 is 29.9 Å². The maximum Gasteiger partial charge on any atom is 0.282 e. The van der Waals surface area contributed by atoms with Crippen molar-refractivity contribution >= 4 is 0 Å². The summed E-state index contributed by atoms with van der Waals surface area (Å²) in [6.45, 7) is 0.567. The maximum absolute atomic E-state index is 9.88. The Hall–Kier alpha value is -0.680. The number of aliphatic hydroxyl groups is 4. The van der Waals surface area contributed by atoms with Gasteiger partial charge >= 0.3 is 0 Å². The van der Waals surface area contributed by atoms with Gasteiger partial charge in [-0.25, -0.2) is 0 Å². The van der Waals surface area contributed by atoms with Crippen LogP contribution in [0, 0.1) is 30.1 Å². The molecule has 0 saturated carbocycles. The van der Waals surface area contributed by atoms with Gasteiger partial charge in [0.25, 0.3) is 11.9 Å². The van der Waals surface area contributed by atoms with Crippen LogP contribution in [0.3, 0.4) is 0 Å². The Morgan fingerprint density at radius 2 is 1.65 bits per heavy atom. The second-order valence-electron chi connectivity index (χ2n) is 5.61. The molecule has 2 aliphatic rings. The minimum absolute atomic E-state index is 0.250. The molecule has 6 heteroatoms.